The van der Waals surface area contributed by atoms with Gasteiger partial charge in [-0.05, 0) is 23.3 Å². The van der Waals surface area contributed by atoms with Crippen molar-refractivity contribution in [1.82, 2.24) is 0 Å². The first-order chi connectivity index (χ1) is 4.86. The number of rotatable bonds is 2. The smallest absolute Gasteiger partial charge is 0.0480 e. The molecule has 0 aliphatic rings. The minimum atomic E-state index is 0.519. The molecular weight excluding hydrogens is 146 g/mol. The minimum absolute atomic E-state index is 0.519. The van der Waals surface area contributed by atoms with Gasteiger partial charge in [0.2, 0.25) is 0 Å². The molecule has 2 N–H and O–H groups in total. The monoisotopic (exact) mass is 154 g/mol. The molecule has 0 atom stereocenters. The lowest BCUT2D eigenvalue weighted by Crippen LogP contribution is -1.95. The zero-order valence-corrected chi connectivity index (χ0v) is 6.36. The van der Waals surface area contributed by atoms with Gasteiger partial charge >= 0.3 is 0 Å². The number of benzene rings is 1. The van der Waals surface area contributed by atoms with Crippen molar-refractivity contribution in [2.75, 3.05) is 0 Å². The molecule has 0 aromatic heterocycles. The van der Waals surface area contributed by atoms with Gasteiger partial charge in [-0.2, -0.15) is 0 Å². The second-order valence-corrected chi connectivity index (χ2v) is 2.33. The molecule has 0 saturated carbocycles. The van der Waals surface area contributed by atoms with Crippen LogP contribution in [0.4, 0.5) is 0 Å². The Balaban J connectivity index is 2.80. The summed E-state index contributed by atoms with van der Waals surface area (Å²) in [6.45, 7) is 0.569. The molecule has 1 nitrogen and oxygen atoms in total. The fourth-order valence-corrected chi connectivity index (χ4v) is 0.866. The van der Waals surface area contributed by atoms with Crippen molar-refractivity contribution >= 4 is 11.6 Å². The Hall–Kier alpha value is -0.530. The molecule has 1 aromatic carbocycles. The van der Waals surface area contributed by atoms with Crippen LogP contribution in [0.25, 0.3) is 0 Å². The maximum absolute atomic E-state index is 5.56. The van der Waals surface area contributed by atoms with Crippen LogP contribution in [-0.2, 0) is 12.4 Å². The Kier molecular flexibility index (Phi) is 2.72. The van der Waals surface area contributed by atoms with Crippen LogP contribution in [0.3, 0.4) is 0 Å². The highest BCUT2D eigenvalue weighted by Gasteiger charge is 1.90. The molecule has 10 heavy (non-hydrogen) atoms. The summed E-state index contributed by atoms with van der Waals surface area (Å²) < 4.78 is 0. The minimum Gasteiger partial charge on any atom is -0.326 e. The van der Waals surface area contributed by atoms with E-state index in [0.717, 1.165) is 11.1 Å². The van der Waals surface area contributed by atoms with Gasteiger partial charge in [-0.3, -0.25) is 0 Å². The third-order valence-corrected chi connectivity index (χ3v) is 1.61. The summed E-state index contributed by atoms with van der Waals surface area (Å²) in [5.41, 5.74) is 7.49. The second-order valence-electron chi connectivity index (χ2n) is 2.06. The largest absolute Gasteiger partial charge is 0.326 e. The molecular formula is C8H9ClN. The Morgan fingerprint density at radius 3 is 2.70 bits per heavy atom. The highest BCUT2D eigenvalue weighted by Crippen LogP contribution is 2.04. The molecule has 0 unspecified atom stereocenters. The number of nitrogens with two attached hydrogens (primary N) is 1. The summed E-state index contributed by atoms with van der Waals surface area (Å²) in [4.78, 5) is 0. The molecule has 0 amide bonds. The second kappa shape index (κ2) is 3.59. The lowest BCUT2D eigenvalue weighted by molar-refractivity contribution is 1.07. The van der Waals surface area contributed by atoms with Crippen molar-refractivity contribution in [3.8, 4) is 0 Å². The van der Waals surface area contributed by atoms with E-state index in [0.29, 0.717) is 12.4 Å². The van der Waals surface area contributed by atoms with Crippen LogP contribution in [0.5, 0.6) is 0 Å². The number of hydrogen-bond donors (Lipinski definition) is 1. The molecule has 0 fully saturated rings. The van der Waals surface area contributed by atoms with Gasteiger partial charge in [-0.15, -0.1) is 11.6 Å². The van der Waals surface area contributed by atoms with Crippen LogP contribution >= 0.6 is 11.6 Å². The summed E-state index contributed by atoms with van der Waals surface area (Å²) in [6, 6.07) is 8.80. The van der Waals surface area contributed by atoms with Gasteiger partial charge in [0.05, 0.1) is 0 Å². The van der Waals surface area contributed by atoms with Crippen LogP contribution in [0.15, 0.2) is 18.2 Å². The Bertz CT molecular complexity index is 170. The SMILES string of the molecule is NCc1c[c]c(CCl)cc1. The average Bonchev–Trinajstić information content (AvgIpc) is 2.05. The standard InChI is InChI=1S/C8H9ClN/c9-5-7-1-3-8(6-10)4-2-7/h1,3-4H,5-6,10H2. The normalized spacial score (nSPS) is 9.80. The quantitative estimate of drug-likeness (QED) is 0.645. The fraction of sp³-hybridized carbons (Fsp3) is 0.250. The van der Waals surface area contributed by atoms with Crippen molar-refractivity contribution in [3.05, 3.63) is 35.4 Å². The summed E-state index contributed by atoms with van der Waals surface area (Å²) in [5.74, 6) is 0.519. The van der Waals surface area contributed by atoms with Gasteiger partial charge in [0.15, 0.2) is 0 Å². The predicted octanol–water partition coefficient (Wildman–Crippen LogP) is 1.68. The van der Waals surface area contributed by atoms with Crippen molar-refractivity contribution in [2.24, 2.45) is 5.73 Å². The number of alkyl halides is 1. The van der Waals surface area contributed by atoms with E-state index in [1.807, 2.05) is 18.2 Å². The Morgan fingerprint density at radius 2 is 2.30 bits per heavy atom. The summed E-state index contributed by atoms with van der Waals surface area (Å²) >= 11 is 5.56. The number of halogens is 1. The third-order valence-electron chi connectivity index (χ3n) is 1.32. The zero-order chi connectivity index (χ0) is 7.40. The molecule has 0 bridgehead atoms. The zero-order valence-electron chi connectivity index (χ0n) is 5.60. The molecule has 1 rings (SSSR count). The van der Waals surface area contributed by atoms with Gasteiger partial charge in [0.1, 0.15) is 0 Å². The molecule has 2 heteroatoms. The molecule has 1 radical (unpaired) electrons. The molecule has 0 heterocycles. The van der Waals surface area contributed by atoms with E-state index in [2.05, 4.69) is 6.07 Å². The van der Waals surface area contributed by atoms with E-state index in [1.54, 1.807) is 0 Å². The van der Waals surface area contributed by atoms with Gasteiger partial charge in [-0.25, -0.2) is 0 Å². The molecule has 0 aliphatic heterocycles. The predicted molar refractivity (Wildman–Crippen MR) is 42.7 cm³/mol. The first kappa shape index (κ1) is 7.58. The van der Waals surface area contributed by atoms with E-state index in [9.17, 15) is 0 Å². The maximum atomic E-state index is 5.56. The molecule has 0 saturated heterocycles. The van der Waals surface area contributed by atoms with E-state index in [-0.39, 0.29) is 0 Å². The van der Waals surface area contributed by atoms with Crippen LogP contribution in [0.1, 0.15) is 11.1 Å². The Morgan fingerprint density at radius 1 is 1.50 bits per heavy atom. The third kappa shape index (κ3) is 1.72. The topological polar surface area (TPSA) is 26.0 Å². The maximum Gasteiger partial charge on any atom is 0.0480 e. The highest BCUT2D eigenvalue weighted by molar-refractivity contribution is 6.17. The van der Waals surface area contributed by atoms with Crippen LogP contribution < -0.4 is 5.73 Å². The molecule has 0 spiro atoms. The average molecular weight is 155 g/mol. The first-order valence-electron chi connectivity index (χ1n) is 3.12. The van der Waals surface area contributed by atoms with Crippen molar-refractivity contribution < 1.29 is 0 Å². The van der Waals surface area contributed by atoms with Crippen LogP contribution in [-0.4, -0.2) is 0 Å². The fourth-order valence-electron chi connectivity index (χ4n) is 0.699. The van der Waals surface area contributed by atoms with Gasteiger partial charge in [0, 0.05) is 12.4 Å². The van der Waals surface area contributed by atoms with E-state index in [1.165, 1.54) is 0 Å². The van der Waals surface area contributed by atoms with E-state index >= 15 is 0 Å². The number of hydrogen-bond acceptors (Lipinski definition) is 1. The Labute approximate surface area is 65.8 Å². The van der Waals surface area contributed by atoms with Gasteiger partial charge < -0.3 is 5.73 Å². The summed E-state index contributed by atoms with van der Waals surface area (Å²) in [6.07, 6.45) is 0. The highest BCUT2D eigenvalue weighted by atomic mass is 35.5. The lowest BCUT2D eigenvalue weighted by atomic mass is 10.1. The van der Waals surface area contributed by atoms with Crippen molar-refractivity contribution in [3.63, 3.8) is 0 Å². The molecule has 0 aliphatic carbocycles. The van der Waals surface area contributed by atoms with Crippen molar-refractivity contribution in [2.45, 2.75) is 12.4 Å². The summed E-state index contributed by atoms with van der Waals surface area (Å²) in [5, 5.41) is 0. The van der Waals surface area contributed by atoms with Crippen LogP contribution in [0.2, 0.25) is 0 Å². The molecule has 53 valence electrons. The van der Waals surface area contributed by atoms with E-state index < -0.39 is 0 Å². The summed E-state index contributed by atoms with van der Waals surface area (Å²) in [7, 11) is 0. The molecule has 1 aromatic rings. The van der Waals surface area contributed by atoms with Gasteiger partial charge in [0.25, 0.3) is 0 Å². The van der Waals surface area contributed by atoms with E-state index in [4.69, 9.17) is 17.3 Å². The van der Waals surface area contributed by atoms with Crippen LogP contribution in [0, 0.1) is 6.07 Å². The lowest BCUT2D eigenvalue weighted by Gasteiger charge is -1.96. The van der Waals surface area contributed by atoms with Crippen molar-refractivity contribution in [1.29, 1.82) is 0 Å². The first-order valence-corrected chi connectivity index (χ1v) is 3.66. The van der Waals surface area contributed by atoms with Gasteiger partial charge in [-0.1, -0.05) is 12.1 Å².